The molecule has 4 aliphatic carbocycles. The summed E-state index contributed by atoms with van der Waals surface area (Å²) in [5, 5.41) is 26.3. The zero-order valence-electron chi connectivity index (χ0n) is 68.1. The average Bonchev–Trinajstić information content (AvgIpc) is 1.50. The first-order valence-corrected chi connectivity index (χ1v) is 43.5. The lowest BCUT2D eigenvalue weighted by Gasteiger charge is -2.43. The molecule has 0 radical (unpaired) electrons. The topological polar surface area (TPSA) is 66.4 Å². The van der Waals surface area contributed by atoms with Gasteiger partial charge in [0.25, 0.3) is 0 Å². The Kier molecular flexibility index (Phi) is 13.6. The van der Waals surface area contributed by atoms with E-state index in [1.807, 2.05) is 37.3 Å². The van der Waals surface area contributed by atoms with E-state index in [9.17, 15) is 5.26 Å². The summed E-state index contributed by atoms with van der Waals surface area (Å²) in [7, 11) is 0. The maximum Gasteiger partial charge on any atom is 0.159 e. The number of allylic oxidation sites excluding steroid dienone is 4. The Balaban J connectivity index is 0.721. The van der Waals surface area contributed by atoms with Crippen molar-refractivity contribution in [1.82, 2.24) is 9.13 Å². The molecule has 4 atom stereocenters. The number of nitrogens with zero attached hydrogens (tertiary/aromatic N) is 5. The number of rotatable bonds is 7. The molecule has 0 saturated carbocycles. The Morgan fingerprint density at radius 1 is 0.392 bits per heavy atom. The number of fused-ring (bicyclic) bond motifs is 37. The molecule has 4 unspecified atom stereocenters. The van der Waals surface area contributed by atoms with Crippen LogP contribution in [0, 0.1) is 22.6 Å². The van der Waals surface area contributed by atoms with Gasteiger partial charge in [-0.3, -0.25) is 0 Å². The fourth-order valence-electron chi connectivity index (χ4n) is 24.1. The number of hydrogen-bond acceptors (Lipinski definition) is 5. The van der Waals surface area contributed by atoms with Crippen molar-refractivity contribution in [2.24, 2.45) is 5.41 Å². The summed E-state index contributed by atoms with van der Waals surface area (Å²) in [5.74, 6) is -0.116. The quantitative estimate of drug-likeness (QED) is 0.159. The van der Waals surface area contributed by atoms with Crippen LogP contribution in [-0.2, 0) is 10.8 Å². The first-order chi connectivity index (χ1) is 61.6. The first kappa shape index (κ1) is 68.9. The van der Waals surface area contributed by atoms with E-state index in [0.717, 1.165) is 145 Å². The summed E-state index contributed by atoms with van der Waals surface area (Å²) in [4.78, 5) is 4.78. The molecule has 7 nitrogen and oxygen atoms in total. The molecule has 6 aliphatic rings. The number of anilines is 5. The Labute approximate surface area is 717 Å². The molecule has 0 bridgehead atoms. The van der Waals surface area contributed by atoms with Gasteiger partial charge in [0.1, 0.15) is 17.0 Å². The Morgan fingerprint density at radius 2 is 0.912 bits per heavy atom. The third-order valence-electron chi connectivity index (χ3n) is 29.2. The molecule has 125 heavy (non-hydrogen) atoms. The largest absolute Gasteiger partial charge is 0.454 e. The number of para-hydroxylation sites is 9. The maximum absolute atomic E-state index is 15.9. The van der Waals surface area contributed by atoms with E-state index in [1.54, 1.807) is 12.1 Å². The highest BCUT2D eigenvalue weighted by atomic mass is 19.1. The van der Waals surface area contributed by atoms with Gasteiger partial charge in [0.05, 0.1) is 78.5 Å². The lowest BCUT2D eigenvalue weighted by molar-refractivity contribution is 0.569. The van der Waals surface area contributed by atoms with Crippen molar-refractivity contribution in [3.63, 3.8) is 0 Å². The molecule has 2 spiro atoms. The van der Waals surface area contributed by atoms with Gasteiger partial charge < -0.3 is 27.8 Å². The molecule has 584 valence electrons. The fourth-order valence-corrected chi connectivity index (χ4v) is 24.1. The average molecular weight is 1600 g/mol. The van der Waals surface area contributed by atoms with Gasteiger partial charge >= 0.3 is 0 Å². The highest BCUT2D eigenvalue weighted by Crippen LogP contribution is 2.69. The van der Waals surface area contributed by atoms with Crippen molar-refractivity contribution < 1.29 is 13.2 Å². The molecular formula is C117H72FN5O2. The van der Waals surface area contributed by atoms with Gasteiger partial charge in [-0.1, -0.05) is 274 Å². The van der Waals surface area contributed by atoms with Crippen molar-refractivity contribution in [1.29, 1.82) is 5.26 Å². The van der Waals surface area contributed by atoms with E-state index in [0.29, 0.717) is 6.42 Å². The third kappa shape index (κ3) is 8.80. The van der Waals surface area contributed by atoms with Gasteiger partial charge in [-0.15, -0.1) is 0 Å². The summed E-state index contributed by atoms with van der Waals surface area (Å²) < 4.78 is 35.2. The number of hydrogen-bond donors (Lipinski definition) is 0. The van der Waals surface area contributed by atoms with E-state index >= 15 is 4.39 Å². The zero-order chi connectivity index (χ0) is 82.2. The Bertz CT molecular complexity index is 8860. The lowest BCUT2D eigenvalue weighted by atomic mass is 9.62. The molecule has 22 aromatic rings. The predicted molar refractivity (Wildman–Crippen MR) is 509 cm³/mol. The normalized spacial score (nSPS) is 18.0. The van der Waals surface area contributed by atoms with Crippen LogP contribution in [0.3, 0.4) is 0 Å². The van der Waals surface area contributed by atoms with Crippen LogP contribution in [0.4, 0.5) is 32.8 Å². The van der Waals surface area contributed by atoms with Crippen LogP contribution in [0.25, 0.3) is 159 Å². The van der Waals surface area contributed by atoms with Gasteiger partial charge in [-0.2, -0.15) is 5.26 Å². The van der Waals surface area contributed by atoms with Crippen molar-refractivity contribution in [2.45, 2.75) is 43.4 Å². The summed E-state index contributed by atoms with van der Waals surface area (Å²) in [6, 6.07) is 132. The van der Waals surface area contributed by atoms with E-state index in [1.165, 1.54) is 116 Å². The Morgan fingerprint density at radius 3 is 1.62 bits per heavy atom. The number of aromatic nitrogens is 2. The van der Waals surface area contributed by atoms with Crippen LogP contribution in [0.2, 0.25) is 0 Å². The van der Waals surface area contributed by atoms with Gasteiger partial charge in [0.15, 0.2) is 11.2 Å². The molecule has 2 aliphatic heterocycles. The van der Waals surface area contributed by atoms with Crippen LogP contribution in [0.5, 0.6) is 0 Å². The second-order valence-corrected chi connectivity index (χ2v) is 35.4. The first-order valence-electron chi connectivity index (χ1n) is 43.5. The standard InChI is InChI=1S/C117H72FN5O2/c1-67-61-94-108(81-30-7-5-24-74(67)81)109-82-31-8-6-26-76(82)103(121(73-57-59-115(2,66-119)60-58-73)102-44-22-35-86-80-29-11-18-46-106(80)125-114(86)102)64-95(109)117(94)90-37-13-16-42-100(90)123-98-56-49-70(62-87(98)84-33-20-39-93(117)112(84)123)69-47-54-78-88(63-69)110-96(65-104(78)120(72-52-50-71(118)51-53-72)101-43-21-34-85-79-28-10-17-45-105(79)124-113(85)101)116(91-55-48-68-23-3-4-25-75(68)107(91)110)89-36-12-15-41-99(89)122-97-40-14-9-27-77(97)83-32-19-38-92(116)111(83)122/h3-59,62-65,67H,60-61H2,1-2H3. The minimum atomic E-state index is -0.883. The number of halogens is 1. The summed E-state index contributed by atoms with van der Waals surface area (Å²) in [6.45, 7) is 4.46. The second kappa shape index (κ2) is 24.7. The predicted octanol–water partition coefficient (Wildman–Crippen LogP) is 30.6. The SMILES string of the molecule is CC1CC2=C(c3ccccc31)c1c(cc(N(C3=CCC(C)(C#N)C=C3)c3cccc4c3oc3ccccc34)c3ccccc13)C21c2ccccc2-n2c3ccc(-c4ccc5c(N(c6ccc(F)cc6)c6cccc7c6oc6ccccc67)cc6c(c5c4)-c4c(ccc5ccccc45)C64c5ccccc5-n5c6ccccc6c6cccc4c65)cc3c3cccc1c32. The summed E-state index contributed by atoms with van der Waals surface area (Å²) in [5.41, 5.74) is 32.9. The van der Waals surface area contributed by atoms with Crippen molar-refractivity contribution in [3.05, 3.63) is 443 Å². The summed E-state index contributed by atoms with van der Waals surface area (Å²) in [6.07, 6.45) is 7.90. The van der Waals surface area contributed by atoms with Crippen molar-refractivity contribution >= 4 is 154 Å². The van der Waals surface area contributed by atoms with Crippen LogP contribution in [0.15, 0.2) is 390 Å². The highest BCUT2D eigenvalue weighted by molar-refractivity contribution is 6.23. The molecule has 8 heteroatoms. The molecule has 4 aromatic heterocycles. The van der Waals surface area contributed by atoms with Crippen LogP contribution in [0.1, 0.15) is 88.2 Å². The minimum Gasteiger partial charge on any atom is -0.454 e. The van der Waals surface area contributed by atoms with Crippen LogP contribution < -0.4 is 9.80 Å². The fraction of sp³-hybridized carbons (Fsp3) is 0.0684. The minimum absolute atomic E-state index is 0.201. The molecule has 0 fully saturated rings. The molecule has 6 heterocycles. The molecule has 0 saturated heterocycles. The maximum atomic E-state index is 15.9. The smallest absolute Gasteiger partial charge is 0.159 e. The van der Waals surface area contributed by atoms with Crippen molar-refractivity contribution in [3.8, 4) is 39.7 Å². The molecule has 0 amide bonds. The second-order valence-electron chi connectivity index (χ2n) is 35.4. The van der Waals surface area contributed by atoms with Gasteiger partial charge in [-0.05, 0) is 239 Å². The van der Waals surface area contributed by atoms with Gasteiger partial charge in [-0.25, -0.2) is 4.39 Å². The molecule has 0 N–H and O–H groups in total. The molecular weight excluding hydrogens is 1530 g/mol. The number of nitriles is 1. The van der Waals surface area contributed by atoms with Crippen molar-refractivity contribution in [2.75, 3.05) is 9.80 Å². The monoisotopic (exact) mass is 1600 g/mol. The molecule has 28 rings (SSSR count). The molecule has 18 aromatic carbocycles. The highest BCUT2D eigenvalue weighted by Gasteiger charge is 2.56. The lowest BCUT2D eigenvalue weighted by Crippen LogP contribution is -2.35. The van der Waals surface area contributed by atoms with Gasteiger partial charge in [0.2, 0.25) is 0 Å². The van der Waals surface area contributed by atoms with E-state index in [2.05, 4.69) is 360 Å². The van der Waals surface area contributed by atoms with E-state index < -0.39 is 16.2 Å². The summed E-state index contributed by atoms with van der Waals surface area (Å²) >= 11 is 0. The van der Waals surface area contributed by atoms with Crippen LogP contribution in [-0.4, -0.2) is 9.13 Å². The third-order valence-corrected chi connectivity index (χ3v) is 29.2. The number of furan rings is 2. The van der Waals surface area contributed by atoms with Crippen LogP contribution >= 0.6 is 0 Å². The zero-order valence-corrected chi connectivity index (χ0v) is 68.1. The Hall–Kier alpha value is -15.8. The van der Waals surface area contributed by atoms with E-state index in [4.69, 9.17) is 8.83 Å². The van der Waals surface area contributed by atoms with E-state index in [-0.39, 0.29) is 11.7 Å². The van der Waals surface area contributed by atoms with Gasteiger partial charge in [0, 0.05) is 65.2 Å². The number of benzene rings is 18.